The van der Waals surface area contributed by atoms with Gasteiger partial charge < -0.3 is 0 Å². The van der Waals surface area contributed by atoms with Crippen LogP contribution in [0.5, 0.6) is 0 Å². The molecule has 0 fully saturated rings. The molecule has 0 bridgehead atoms. The van der Waals surface area contributed by atoms with Crippen molar-refractivity contribution in [2.75, 3.05) is 24.7 Å². The second-order valence-corrected chi connectivity index (χ2v) is 26.9. The molecule has 0 amide bonds. The minimum Gasteiger partial charge on any atom is -0.0654 e. The standard InChI is InChI=1S/2C20H38O2S.2C5H9O2.Sn/c2*1-2-3-4-5-6-7-8-9-10-11-12-13-14-15-16-19(17-18-23)20(21)22;2*1-3-5(6)7-4-2;/h2*9-10,19,23H,2-8,11-18H2,1H3,(H,21,22);2*1,3-4H2,2H3;/q;;;;+2/p-2/b2*10-9-;;;. The Morgan fingerprint density at radius 2 is 0.754 bits per heavy atom. The SMILES string of the molecule is CCCCCCCC/C=C\CCCCCCC(CCS)C(=O)[O][Sn]([CH2]CC(=O)OCC)([CH2]CC(=O)OCC)[O]C(=O)C(CCS)CCCCCC/C=C\CCCCCCCC. The summed E-state index contributed by atoms with van der Waals surface area (Å²) in [5.41, 5.74) is 0. The van der Waals surface area contributed by atoms with Gasteiger partial charge in [0.15, 0.2) is 0 Å². The Morgan fingerprint density at radius 3 is 1.07 bits per heavy atom. The number of unbranched alkanes of at least 4 members (excludes halogenated alkanes) is 20. The van der Waals surface area contributed by atoms with E-state index in [1.54, 1.807) is 13.8 Å². The third-order valence-electron chi connectivity index (χ3n) is 11.4. The second kappa shape index (κ2) is 44.1. The molecular formula is C50H92O8S2Sn. The van der Waals surface area contributed by atoms with Crippen LogP contribution in [0, 0.1) is 11.8 Å². The summed E-state index contributed by atoms with van der Waals surface area (Å²) in [4.78, 5) is 53.6. The number of rotatable bonds is 44. The van der Waals surface area contributed by atoms with E-state index < -0.39 is 54.9 Å². The molecular weight excluding hydrogens is 911 g/mol. The molecule has 0 saturated carbocycles. The Balaban J connectivity index is 5.54. The molecule has 11 heteroatoms. The van der Waals surface area contributed by atoms with E-state index in [4.69, 9.17) is 15.6 Å². The van der Waals surface area contributed by atoms with Crippen LogP contribution in [0.4, 0.5) is 0 Å². The Hall–Kier alpha value is -1.14. The summed E-state index contributed by atoms with van der Waals surface area (Å²) in [5.74, 6) is -1.50. The van der Waals surface area contributed by atoms with Gasteiger partial charge in [-0.2, -0.15) is 0 Å². The fourth-order valence-corrected chi connectivity index (χ4v) is 16.6. The monoisotopic (exact) mass is 1000 g/mol. The molecule has 0 saturated heterocycles. The molecule has 0 aliphatic heterocycles. The zero-order chi connectivity index (χ0) is 45.1. The average molecular weight is 1000 g/mol. The van der Waals surface area contributed by atoms with Crippen LogP contribution in [0.3, 0.4) is 0 Å². The molecule has 0 rings (SSSR count). The van der Waals surface area contributed by atoms with Crippen molar-refractivity contribution in [2.45, 2.75) is 229 Å². The van der Waals surface area contributed by atoms with Gasteiger partial charge >= 0.3 is 302 Å². The predicted molar refractivity (Wildman–Crippen MR) is 264 cm³/mol. The first-order valence-corrected chi connectivity index (χ1v) is 32.6. The van der Waals surface area contributed by atoms with Crippen molar-refractivity contribution >= 4 is 68.3 Å². The quantitative estimate of drug-likeness (QED) is 0.0204. The Kier molecular flexibility index (Phi) is 43.3. The van der Waals surface area contributed by atoms with Crippen LogP contribution in [0.15, 0.2) is 24.3 Å². The van der Waals surface area contributed by atoms with Gasteiger partial charge in [-0.1, -0.05) is 78.1 Å². The third-order valence-corrected chi connectivity index (χ3v) is 20.9. The van der Waals surface area contributed by atoms with Crippen molar-refractivity contribution < 1.29 is 34.8 Å². The van der Waals surface area contributed by atoms with Gasteiger partial charge in [0.25, 0.3) is 0 Å². The number of carbonyl (C=O) groups is 4. The molecule has 0 aliphatic rings. The minimum absolute atomic E-state index is 0.0530. The van der Waals surface area contributed by atoms with Crippen LogP contribution in [0.1, 0.15) is 220 Å². The normalized spacial score (nSPS) is 12.8. The molecule has 356 valence electrons. The molecule has 8 nitrogen and oxygen atoms in total. The van der Waals surface area contributed by atoms with Crippen molar-refractivity contribution in [3.63, 3.8) is 0 Å². The summed E-state index contributed by atoms with van der Waals surface area (Å²) in [7, 11) is 0. The summed E-state index contributed by atoms with van der Waals surface area (Å²) in [6, 6.07) is 0. The van der Waals surface area contributed by atoms with Gasteiger partial charge in [0.05, 0.1) is 0 Å². The van der Waals surface area contributed by atoms with E-state index >= 15 is 0 Å². The maximum absolute atomic E-state index is 14.1. The summed E-state index contributed by atoms with van der Waals surface area (Å²) in [6.07, 6.45) is 40.0. The van der Waals surface area contributed by atoms with E-state index in [1.807, 2.05) is 0 Å². The van der Waals surface area contributed by atoms with E-state index in [9.17, 15) is 19.2 Å². The fraction of sp³-hybridized carbons (Fsp3) is 0.840. The molecule has 0 aliphatic carbocycles. The van der Waals surface area contributed by atoms with Crippen LogP contribution in [0.25, 0.3) is 0 Å². The van der Waals surface area contributed by atoms with E-state index in [-0.39, 0.29) is 34.9 Å². The zero-order valence-electron chi connectivity index (χ0n) is 39.6. The predicted octanol–water partition coefficient (Wildman–Crippen LogP) is 14.6. The van der Waals surface area contributed by atoms with E-state index in [2.05, 4.69) is 63.4 Å². The van der Waals surface area contributed by atoms with Crippen molar-refractivity contribution in [3.8, 4) is 0 Å². The topological polar surface area (TPSA) is 105 Å². The maximum atomic E-state index is 14.1. The number of esters is 2. The number of hydrogen-bond acceptors (Lipinski definition) is 10. The van der Waals surface area contributed by atoms with Gasteiger partial charge in [0.2, 0.25) is 0 Å². The smallest absolute Gasteiger partial charge is 0.0654 e. The Labute approximate surface area is 390 Å². The van der Waals surface area contributed by atoms with Crippen molar-refractivity contribution in [1.82, 2.24) is 0 Å². The first-order valence-electron chi connectivity index (χ1n) is 25.0. The number of hydrogen-bond donors (Lipinski definition) is 2. The second-order valence-electron chi connectivity index (χ2n) is 16.8. The van der Waals surface area contributed by atoms with Gasteiger partial charge in [0.1, 0.15) is 0 Å². The number of ether oxygens (including phenoxy) is 2. The summed E-state index contributed by atoms with van der Waals surface area (Å²) < 4.78 is 23.6. The van der Waals surface area contributed by atoms with Crippen LogP contribution >= 0.6 is 25.3 Å². The molecule has 0 aromatic heterocycles. The molecule has 61 heavy (non-hydrogen) atoms. The van der Waals surface area contributed by atoms with E-state index in [1.165, 1.54) is 77.0 Å². The van der Waals surface area contributed by atoms with Gasteiger partial charge in [-0.3, -0.25) is 0 Å². The van der Waals surface area contributed by atoms with E-state index in [0.29, 0.717) is 37.2 Å². The number of carbonyl (C=O) groups excluding carboxylic acids is 4. The third kappa shape index (κ3) is 35.8. The van der Waals surface area contributed by atoms with E-state index in [0.717, 1.165) is 77.0 Å². The summed E-state index contributed by atoms with van der Waals surface area (Å²) in [5, 5.41) is 0. The zero-order valence-corrected chi connectivity index (χ0v) is 44.2. The fourth-order valence-electron chi connectivity index (χ4n) is 7.58. The van der Waals surface area contributed by atoms with Crippen LogP contribution < -0.4 is 0 Å². The Bertz CT molecular complexity index is 1050. The van der Waals surface area contributed by atoms with Gasteiger partial charge in [0, 0.05) is 0 Å². The van der Waals surface area contributed by atoms with Crippen molar-refractivity contribution in [2.24, 2.45) is 11.8 Å². The van der Waals surface area contributed by atoms with Gasteiger partial charge in [-0.25, -0.2) is 0 Å². The molecule has 0 spiro atoms. The van der Waals surface area contributed by atoms with Crippen LogP contribution in [-0.2, 0) is 34.8 Å². The van der Waals surface area contributed by atoms with Crippen molar-refractivity contribution in [1.29, 1.82) is 0 Å². The van der Waals surface area contributed by atoms with Gasteiger partial charge in [-0.15, -0.1) is 0 Å². The first-order chi connectivity index (χ1) is 29.7. The molecule has 0 aromatic carbocycles. The Morgan fingerprint density at radius 1 is 0.443 bits per heavy atom. The molecule has 0 aromatic rings. The minimum atomic E-state index is -4.85. The van der Waals surface area contributed by atoms with Crippen LogP contribution in [0.2, 0.25) is 8.87 Å². The number of thiol groups is 2. The summed E-state index contributed by atoms with van der Waals surface area (Å²) in [6.45, 7) is 8.40. The average Bonchev–Trinajstić information content (AvgIpc) is 3.24. The molecule has 2 atom stereocenters. The number of allylic oxidation sites excluding steroid dienone is 4. The van der Waals surface area contributed by atoms with Crippen molar-refractivity contribution in [3.05, 3.63) is 24.3 Å². The molecule has 0 heterocycles. The molecule has 0 N–H and O–H groups in total. The molecule has 0 radical (unpaired) electrons. The van der Waals surface area contributed by atoms with Gasteiger partial charge in [-0.05, 0) is 12.8 Å². The van der Waals surface area contributed by atoms with Crippen LogP contribution in [-0.4, -0.2) is 67.8 Å². The first kappa shape index (κ1) is 59.9. The molecule has 2 unspecified atom stereocenters. The summed E-state index contributed by atoms with van der Waals surface area (Å²) >= 11 is 4.09.